The Morgan fingerprint density at radius 2 is 2.05 bits per heavy atom. The summed E-state index contributed by atoms with van der Waals surface area (Å²) < 4.78 is 2.21. The summed E-state index contributed by atoms with van der Waals surface area (Å²) in [6, 6.07) is 6.77. The number of amides is 1. The molecule has 3 aliphatic carbocycles. The van der Waals surface area contributed by atoms with Crippen molar-refractivity contribution in [1.29, 1.82) is 0 Å². The standard InChI is InChI=1S/C31H36ClN7O/c1-37(2)25-17-38(18-25)28-11-21(19-6-7-19)15-39-16-24(35-30(28)39)14-34-23-8-9-33-29(12-23)36-31(40)27-13-26(27)20-4-3-5-22(32)10-20/h3-5,8-9,11-12,15-16,19-20,25-27H,6-7,10,13-14,17-18H2,1-2H3,(H2,33,34,36,40)/t20?,26-,27+/m1/s1. The maximum Gasteiger partial charge on any atom is 0.228 e. The van der Waals surface area contributed by atoms with Crippen molar-refractivity contribution in [2.24, 2.45) is 17.8 Å². The van der Waals surface area contributed by atoms with E-state index in [0.29, 0.717) is 36.2 Å². The minimum Gasteiger partial charge on any atom is -0.379 e. The molecule has 0 radical (unpaired) electrons. The third-order valence-electron chi connectivity index (χ3n) is 8.86. The molecular weight excluding hydrogens is 522 g/mol. The Hall–Kier alpha value is -3.36. The SMILES string of the molecule is CN(C)C1CN(c2cc(C3CC3)cn3cc(CNc4ccnc(NC(=O)[C@H]5C[C@@H]5C5C=CC=C(Cl)C5)c4)nc23)C1. The van der Waals surface area contributed by atoms with E-state index in [-0.39, 0.29) is 11.8 Å². The minimum absolute atomic E-state index is 0.0164. The second-order valence-corrected chi connectivity index (χ2v) is 12.5. The molecule has 3 fully saturated rings. The molecule has 3 aromatic rings. The lowest BCUT2D eigenvalue weighted by molar-refractivity contribution is -0.117. The van der Waals surface area contributed by atoms with Crippen LogP contribution in [0.3, 0.4) is 0 Å². The number of likely N-dealkylation sites (N-methyl/N-ethyl adjacent to an activating group) is 1. The Morgan fingerprint density at radius 1 is 1.20 bits per heavy atom. The molecule has 40 heavy (non-hydrogen) atoms. The van der Waals surface area contributed by atoms with Gasteiger partial charge in [0, 0.05) is 60.4 Å². The van der Waals surface area contributed by atoms with Crippen molar-refractivity contribution in [1.82, 2.24) is 19.3 Å². The number of carbonyl (C=O) groups is 1. The van der Waals surface area contributed by atoms with Crippen LogP contribution in [0.25, 0.3) is 5.65 Å². The molecule has 1 saturated heterocycles. The second kappa shape index (κ2) is 10.2. The molecule has 2 saturated carbocycles. The first-order valence-corrected chi connectivity index (χ1v) is 14.8. The van der Waals surface area contributed by atoms with Gasteiger partial charge in [-0.15, -0.1) is 0 Å². The average molecular weight is 558 g/mol. The number of anilines is 3. The largest absolute Gasteiger partial charge is 0.379 e. The molecular formula is C31H36ClN7O. The van der Waals surface area contributed by atoms with E-state index < -0.39 is 0 Å². The van der Waals surface area contributed by atoms with Gasteiger partial charge < -0.3 is 24.8 Å². The summed E-state index contributed by atoms with van der Waals surface area (Å²) in [7, 11) is 4.30. The average Bonchev–Trinajstić information content (AvgIpc) is 3.83. The fourth-order valence-corrected chi connectivity index (χ4v) is 6.31. The van der Waals surface area contributed by atoms with Crippen molar-refractivity contribution in [3.05, 3.63) is 71.3 Å². The Morgan fingerprint density at radius 3 is 2.83 bits per heavy atom. The molecule has 208 valence electrons. The maximum absolute atomic E-state index is 12.9. The molecule has 8 nitrogen and oxygen atoms in total. The van der Waals surface area contributed by atoms with Gasteiger partial charge in [0.15, 0.2) is 5.65 Å². The van der Waals surface area contributed by atoms with E-state index in [9.17, 15) is 4.79 Å². The molecule has 1 aliphatic heterocycles. The number of imidazole rings is 1. The van der Waals surface area contributed by atoms with Crippen molar-refractivity contribution >= 4 is 40.3 Å². The first-order chi connectivity index (χ1) is 19.4. The molecule has 2 N–H and O–H groups in total. The molecule has 1 unspecified atom stereocenters. The highest BCUT2D eigenvalue weighted by Gasteiger charge is 2.47. The number of rotatable bonds is 9. The van der Waals surface area contributed by atoms with Gasteiger partial charge in [0.05, 0.1) is 17.9 Å². The zero-order valence-electron chi connectivity index (χ0n) is 23.1. The number of nitrogens with zero attached hydrogens (tertiary/aromatic N) is 5. The van der Waals surface area contributed by atoms with Crippen LogP contribution in [0.5, 0.6) is 0 Å². The van der Waals surface area contributed by atoms with Crippen LogP contribution in [0.2, 0.25) is 0 Å². The van der Waals surface area contributed by atoms with E-state index in [2.05, 4.69) is 68.4 Å². The smallest absolute Gasteiger partial charge is 0.228 e. The van der Waals surface area contributed by atoms with Gasteiger partial charge in [0.25, 0.3) is 0 Å². The van der Waals surface area contributed by atoms with E-state index in [0.717, 1.165) is 48.0 Å². The van der Waals surface area contributed by atoms with E-state index in [4.69, 9.17) is 16.6 Å². The Balaban J connectivity index is 1.00. The first kappa shape index (κ1) is 25.6. The van der Waals surface area contributed by atoms with Gasteiger partial charge >= 0.3 is 0 Å². The predicted octanol–water partition coefficient (Wildman–Crippen LogP) is 5.24. The van der Waals surface area contributed by atoms with Gasteiger partial charge in [-0.25, -0.2) is 9.97 Å². The molecule has 9 heteroatoms. The number of fused-ring (bicyclic) bond motifs is 1. The number of hydrogen-bond donors (Lipinski definition) is 2. The van der Waals surface area contributed by atoms with Gasteiger partial charge in [-0.3, -0.25) is 4.79 Å². The lowest BCUT2D eigenvalue weighted by Crippen LogP contribution is -2.57. The molecule has 0 aromatic carbocycles. The van der Waals surface area contributed by atoms with Crippen molar-refractivity contribution < 1.29 is 4.79 Å². The molecule has 1 amide bonds. The summed E-state index contributed by atoms with van der Waals surface area (Å²) >= 11 is 6.21. The number of halogens is 1. The van der Waals surface area contributed by atoms with Gasteiger partial charge in [0.1, 0.15) is 5.82 Å². The van der Waals surface area contributed by atoms with Crippen LogP contribution in [0.4, 0.5) is 17.2 Å². The third-order valence-corrected chi connectivity index (χ3v) is 9.14. The number of nitrogens with one attached hydrogen (secondary N) is 2. The van der Waals surface area contributed by atoms with Gasteiger partial charge in [-0.2, -0.15) is 0 Å². The molecule has 0 bridgehead atoms. The Bertz CT molecular complexity index is 1500. The second-order valence-electron chi connectivity index (χ2n) is 12.1. The van der Waals surface area contributed by atoms with Crippen LogP contribution in [0, 0.1) is 17.8 Å². The summed E-state index contributed by atoms with van der Waals surface area (Å²) in [6.07, 6.45) is 16.5. The van der Waals surface area contributed by atoms with Gasteiger partial charge in [-0.05, 0) is 81.3 Å². The molecule has 4 heterocycles. The Kier molecular flexibility index (Phi) is 6.55. The summed E-state index contributed by atoms with van der Waals surface area (Å²) in [6.45, 7) is 2.66. The van der Waals surface area contributed by atoms with Crippen LogP contribution in [0.15, 0.2) is 60.0 Å². The van der Waals surface area contributed by atoms with Crippen molar-refractivity contribution in [2.75, 3.05) is 42.7 Å². The monoisotopic (exact) mass is 557 g/mol. The maximum atomic E-state index is 12.9. The quantitative estimate of drug-likeness (QED) is 0.374. The lowest BCUT2D eigenvalue weighted by atomic mass is 9.94. The van der Waals surface area contributed by atoms with Crippen molar-refractivity contribution in [2.45, 2.75) is 44.2 Å². The van der Waals surface area contributed by atoms with E-state index >= 15 is 0 Å². The number of allylic oxidation sites excluding steroid dienone is 4. The van der Waals surface area contributed by atoms with Crippen LogP contribution in [0.1, 0.15) is 42.9 Å². The fourth-order valence-electron chi connectivity index (χ4n) is 6.06. The zero-order chi connectivity index (χ0) is 27.4. The summed E-state index contributed by atoms with van der Waals surface area (Å²) in [5.74, 6) is 2.00. The number of carbonyl (C=O) groups excluding carboxylic acids is 1. The highest BCUT2D eigenvalue weighted by molar-refractivity contribution is 6.29. The molecule has 4 aliphatic rings. The summed E-state index contributed by atoms with van der Waals surface area (Å²) in [5, 5.41) is 7.36. The van der Waals surface area contributed by atoms with Crippen molar-refractivity contribution in [3.63, 3.8) is 0 Å². The van der Waals surface area contributed by atoms with Gasteiger partial charge in [0.2, 0.25) is 5.91 Å². The Labute approximate surface area is 240 Å². The number of pyridine rings is 2. The van der Waals surface area contributed by atoms with E-state index in [1.807, 2.05) is 24.3 Å². The molecule has 3 atom stereocenters. The fraction of sp³-hybridized carbons (Fsp3) is 0.452. The van der Waals surface area contributed by atoms with Crippen LogP contribution >= 0.6 is 11.6 Å². The molecule has 3 aromatic heterocycles. The highest BCUT2D eigenvalue weighted by atomic mass is 35.5. The van der Waals surface area contributed by atoms with E-state index in [1.165, 1.54) is 24.1 Å². The highest BCUT2D eigenvalue weighted by Crippen LogP contribution is 2.48. The van der Waals surface area contributed by atoms with Gasteiger partial charge in [-0.1, -0.05) is 23.8 Å². The summed E-state index contributed by atoms with van der Waals surface area (Å²) in [4.78, 5) is 27.0. The van der Waals surface area contributed by atoms with Crippen LogP contribution in [-0.4, -0.2) is 58.4 Å². The van der Waals surface area contributed by atoms with Crippen molar-refractivity contribution in [3.8, 4) is 0 Å². The third kappa shape index (κ3) is 5.22. The number of aromatic nitrogens is 3. The normalized spacial score (nSPS) is 24.2. The molecule has 0 spiro atoms. The predicted molar refractivity (Wildman–Crippen MR) is 160 cm³/mol. The minimum atomic E-state index is 0.0164. The van der Waals surface area contributed by atoms with Crippen LogP contribution in [-0.2, 0) is 11.3 Å². The van der Waals surface area contributed by atoms with E-state index in [1.54, 1.807) is 6.20 Å². The lowest BCUT2D eigenvalue weighted by Gasteiger charge is -2.44. The topological polar surface area (TPSA) is 77.8 Å². The number of hydrogen-bond acceptors (Lipinski definition) is 6. The first-order valence-electron chi connectivity index (χ1n) is 14.4. The van der Waals surface area contributed by atoms with Crippen LogP contribution < -0.4 is 15.5 Å². The summed E-state index contributed by atoms with van der Waals surface area (Å²) in [5.41, 5.74) is 5.56. The zero-order valence-corrected chi connectivity index (χ0v) is 23.8. The molecule has 7 rings (SSSR count).